The van der Waals surface area contributed by atoms with Crippen LogP contribution in [0.25, 0.3) is 0 Å². The zero-order valence-corrected chi connectivity index (χ0v) is 12.6. The van der Waals surface area contributed by atoms with Crippen molar-refractivity contribution in [2.75, 3.05) is 13.7 Å². The van der Waals surface area contributed by atoms with Crippen LogP contribution >= 0.6 is 0 Å². The standard InChI is InChI=1S/C16H25NO4/c1-21-9-13(15(19)20)17-14(18)8-16-5-10-2-11(6-16)4-12(3-10)7-16/h10-13H,2-9H2,1H3,(H,17,18)(H,19,20). The number of carboxylic acid groups (broad SMARTS) is 1. The van der Waals surface area contributed by atoms with E-state index in [1.165, 1.54) is 26.4 Å². The van der Waals surface area contributed by atoms with Crippen LogP contribution in [0.4, 0.5) is 0 Å². The van der Waals surface area contributed by atoms with Gasteiger partial charge < -0.3 is 15.2 Å². The average Bonchev–Trinajstić information content (AvgIpc) is 2.35. The first-order chi connectivity index (χ1) is 9.99. The van der Waals surface area contributed by atoms with Gasteiger partial charge in [0.15, 0.2) is 6.04 Å². The number of amides is 1. The van der Waals surface area contributed by atoms with E-state index in [0.29, 0.717) is 6.42 Å². The van der Waals surface area contributed by atoms with Crippen LogP contribution in [0.2, 0.25) is 0 Å². The maximum Gasteiger partial charge on any atom is 0.328 e. The second-order valence-electron chi connectivity index (χ2n) is 7.51. The van der Waals surface area contributed by atoms with Gasteiger partial charge in [0, 0.05) is 13.5 Å². The minimum absolute atomic E-state index is 0.0158. The third kappa shape index (κ3) is 3.07. The molecule has 2 N–H and O–H groups in total. The van der Waals surface area contributed by atoms with Crippen molar-refractivity contribution >= 4 is 11.9 Å². The van der Waals surface area contributed by atoms with Crippen molar-refractivity contribution in [2.45, 2.75) is 51.0 Å². The topological polar surface area (TPSA) is 75.6 Å². The van der Waals surface area contributed by atoms with Gasteiger partial charge in [0.1, 0.15) is 0 Å². The molecule has 4 fully saturated rings. The number of hydrogen-bond donors (Lipinski definition) is 2. The maximum atomic E-state index is 12.3. The fourth-order valence-electron chi connectivity index (χ4n) is 5.43. The quantitative estimate of drug-likeness (QED) is 0.783. The summed E-state index contributed by atoms with van der Waals surface area (Å²) in [6.45, 7) is 0.0158. The summed E-state index contributed by atoms with van der Waals surface area (Å²) in [5.41, 5.74) is 0.148. The Morgan fingerprint density at radius 3 is 2.14 bits per heavy atom. The van der Waals surface area contributed by atoms with E-state index in [0.717, 1.165) is 37.0 Å². The van der Waals surface area contributed by atoms with Gasteiger partial charge in [-0.15, -0.1) is 0 Å². The van der Waals surface area contributed by atoms with Gasteiger partial charge in [-0.25, -0.2) is 4.79 Å². The molecule has 0 aromatic carbocycles. The zero-order valence-electron chi connectivity index (χ0n) is 12.6. The van der Waals surface area contributed by atoms with Crippen LogP contribution in [0.5, 0.6) is 0 Å². The Bertz CT molecular complexity index is 399. The van der Waals surface area contributed by atoms with Crippen molar-refractivity contribution in [2.24, 2.45) is 23.2 Å². The van der Waals surface area contributed by atoms with Crippen LogP contribution < -0.4 is 5.32 Å². The van der Waals surface area contributed by atoms with Gasteiger partial charge >= 0.3 is 5.97 Å². The molecule has 4 saturated carbocycles. The number of methoxy groups -OCH3 is 1. The summed E-state index contributed by atoms with van der Waals surface area (Å²) in [6, 6.07) is -0.934. The minimum atomic E-state index is -1.03. The Balaban J connectivity index is 1.61. The number of carbonyl (C=O) groups is 2. The molecule has 0 spiro atoms. The molecule has 5 heteroatoms. The highest BCUT2D eigenvalue weighted by molar-refractivity contribution is 5.84. The van der Waals surface area contributed by atoms with Crippen LogP contribution in [0.3, 0.4) is 0 Å². The van der Waals surface area contributed by atoms with Crippen molar-refractivity contribution in [3.8, 4) is 0 Å². The number of hydrogen-bond acceptors (Lipinski definition) is 3. The Morgan fingerprint density at radius 1 is 1.19 bits per heavy atom. The molecule has 1 unspecified atom stereocenters. The molecule has 4 rings (SSSR count). The number of carbonyl (C=O) groups excluding carboxylic acids is 1. The molecule has 1 atom stereocenters. The third-order valence-electron chi connectivity index (χ3n) is 5.67. The van der Waals surface area contributed by atoms with Crippen LogP contribution in [-0.2, 0) is 14.3 Å². The van der Waals surface area contributed by atoms with E-state index in [4.69, 9.17) is 9.84 Å². The highest BCUT2D eigenvalue weighted by Gasteiger charge is 2.51. The van der Waals surface area contributed by atoms with E-state index in [2.05, 4.69) is 5.32 Å². The summed E-state index contributed by atoms with van der Waals surface area (Å²) in [4.78, 5) is 23.4. The molecule has 0 aliphatic heterocycles. The molecule has 0 aromatic heterocycles. The lowest BCUT2D eigenvalue weighted by Gasteiger charge is -2.56. The van der Waals surface area contributed by atoms with Crippen LogP contribution in [0, 0.1) is 23.2 Å². The zero-order chi connectivity index (χ0) is 15.0. The van der Waals surface area contributed by atoms with Gasteiger partial charge in [0.2, 0.25) is 5.91 Å². The molecule has 4 aliphatic rings. The van der Waals surface area contributed by atoms with Crippen LogP contribution in [-0.4, -0.2) is 36.7 Å². The molecule has 4 aliphatic carbocycles. The molecular weight excluding hydrogens is 270 g/mol. The summed E-state index contributed by atoms with van der Waals surface area (Å²) < 4.78 is 4.86. The SMILES string of the molecule is COCC(NC(=O)CC12CC3CC(CC(C3)C1)C2)C(=O)O. The van der Waals surface area contributed by atoms with Crippen LogP contribution in [0.1, 0.15) is 44.9 Å². The molecule has 0 saturated heterocycles. The maximum absolute atomic E-state index is 12.3. The molecule has 5 nitrogen and oxygen atoms in total. The molecule has 0 aromatic rings. The second kappa shape index (κ2) is 5.59. The summed E-state index contributed by atoms with van der Waals surface area (Å²) in [5, 5.41) is 11.7. The van der Waals surface area contributed by atoms with E-state index in [1.807, 2.05) is 0 Å². The predicted octanol–water partition coefficient (Wildman–Crippen LogP) is 1.81. The van der Waals surface area contributed by atoms with E-state index >= 15 is 0 Å². The molecule has 21 heavy (non-hydrogen) atoms. The van der Waals surface area contributed by atoms with E-state index in [9.17, 15) is 9.59 Å². The number of ether oxygens (including phenoxy) is 1. The highest BCUT2D eigenvalue weighted by Crippen LogP contribution is 2.61. The molecular formula is C16H25NO4. The number of carboxylic acids is 1. The van der Waals surface area contributed by atoms with Crippen LogP contribution in [0.15, 0.2) is 0 Å². The van der Waals surface area contributed by atoms with Gasteiger partial charge in [-0.1, -0.05) is 0 Å². The largest absolute Gasteiger partial charge is 0.480 e. The summed E-state index contributed by atoms with van der Waals surface area (Å²) in [5.74, 6) is 1.26. The Hall–Kier alpha value is -1.10. The summed E-state index contributed by atoms with van der Waals surface area (Å²) in [6.07, 6.45) is 8.02. The predicted molar refractivity (Wildman–Crippen MR) is 76.7 cm³/mol. The molecule has 118 valence electrons. The first-order valence-corrected chi connectivity index (χ1v) is 8.01. The van der Waals surface area contributed by atoms with E-state index < -0.39 is 12.0 Å². The van der Waals surface area contributed by atoms with Crippen molar-refractivity contribution in [3.05, 3.63) is 0 Å². The van der Waals surface area contributed by atoms with E-state index in [1.54, 1.807) is 0 Å². The fraction of sp³-hybridized carbons (Fsp3) is 0.875. The minimum Gasteiger partial charge on any atom is -0.480 e. The van der Waals surface area contributed by atoms with Crippen molar-refractivity contribution in [1.29, 1.82) is 0 Å². The first-order valence-electron chi connectivity index (χ1n) is 8.01. The number of aliphatic carboxylic acids is 1. The average molecular weight is 295 g/mol. The smallest absolute Gasteiger partial charge is 0.328 e. The Labute approximate surface area is 125 Å². The molecule has 1 amide bonds. The lowest BCUT2D eigenvalue weighted by atomic mass is 9.49. The third-order valence-corrected chi connectivity index (χ3v) is 5.67. The Kier molecular flexibility index (Phi) is 3.95. The molecule has 0 radical (unpaired) electrons. The van der Waals surface area contributed by atoms with Gasteiger partial charge in [0.05, 0.1) is 6.61 Å². The number of nitrogens with one attached hydrogen (secondary N) is 1. The van der Waals surface area contributed by atoms with Crippen molar-refractivity contribution < 1.29 is 19.4 Å². The van der Waals surface area contributed by atoms with Crippen molar-refractivity contribution in [3.63, 3.8) is 0 Å². The van der Waals surface area contributed by atoms with Gasteiger partial charge in [0.25, 0.3) is 0 Å². The number of rotatable bonds is 6. The monoisotopic (exact) mass is 295 g/mol. The highest BCUT2D eigenvalue weighted by atomic mass is 16.5. The normalized spacial score (nSPS) is 38.2. The summed E-state index contributed by atoms with van der Waals surface area (Å²) in [7, 11) is 1.45. The summed E-state index contributed by atoms with van der Waals surface area (Å²) >= 11 is 0. The van der Waals surface area contributed by atoms with Gasteiger partial charge in [-0.2, -0.15) is 0 Å². The fourth-order valence-corrected chi connectivity index (χ4v) is 5.43. The Morgan fingerprint density at radius 2 is 1.71 bits per heavy atom. The van der Waals surface area contributed by atoms with E-state index in [-0.39, 0.29) is 17.9 Å². The van der Waals surface area contributed by atoms with Gasteiger partial charge in [-0.05, 0) is 61.7 Å². The lowest BCUT2D eigenvalue weighted by Crippen LogP contribution is -2.50. The molecule has 0 heterocycles. The molecule has 4 bridgehead atoms. The second-order valence-corrected chi connectivity index (χ2v) is 7.51. The lowest BCUT2D eigenvalue weighted by molar-refractivity contribution is -0.144. The van der Waals surface area contributed by atoms with Gasteiger partial charge in [-0.3, -0.25) is 4.79 Å². The first kappa shape index (κ1) is 14.8. The van der Waals surface area contributed by atoms with Crippen molar-refractivity contribution in [1.82, 2.24) is 5.32 Å².